The highest BCUT2D eigenvalue weighted by molar-refractivity contribution is 7.92. The molecular formula is C29H33ClFN3O4S. The second-order valence-corrected chi connectivity index (χ2v) is 11.3. The van der Waals surface area contributed by atoms with Gasteiger partial charge in [-0.05, 0) is 66.9 Å². The normalized spacial score (nSPS) is 12.0. The highest BCUT2D eigenvalue weighted by Gasteiger charge is 2.33. The Balaban J connectivity index is 2.00. The van der Waals surface area contributed by atoms with Crippen molar-refractivity contribution in [1.82, 2.24) is 10.2 Å². The van der Waals surface area contributed by atoms with Crippen LogP contribution in [0.4, 0.5) is 10.1 Å². The molecule has 3 aromatic rings. The zero-order valence-corrected chi connectivity index (χ0v) is 23.6. The lowest BCUT2D eigenvalue weighted by atomic mass is 10.1. The monoisotopic (exact) mass is 573 g/mol. The molecule has 3 aromatic carbocycles. The van der Waals surface area contributed by atoms with Gasteiger partial charge in [0.25, 0.3) is 10.0 Å². The zero-order valence-electron chi connectivity index (χ0n) is 22.0. The lowest BCUT2D eigenvalue weighted by Crippen LogP contribution is -2.52. The minimum Gasteiger partial charge on any atom is -0.354 e. The lowest BCUT2D eigenvalue weighted by Gasteiger charge is -2.33. The minimum absolute atomic E-state index is 0.0783. The van der Waals surface area contributed by atoms with Crippen molar-refractivity contribution < 1.29 is 22.4 Å². The molecule has 7 nitrogen and oxygen atoms in total. The average Bonchev–Trinajstić information content (AvgIpc) is 2.93. The first kappa shape index (κ1) is 30.1. The molecule has 0 fully saturated rings. The number of hydrogen-bond donors (Lipinski definition) is 1. The van der Waals surface area contributed by atoms with E-state index in [-0.39, 0.29) is 23.0 Å². The molecule has 208 valence electrons. The van der Waals surface area contributed by atoms with Gasteiger partial charge in [0.05, 0.1) is 10.6 Å². The van der Waals surface area contributed by atoms with E-state index in [0.29, 0.717) is 18.0 Å². The molecule has 0 aliphatic rings. The second kappa shape index (κ2) is 14.1. The van der Waals surface area contributed by atoms with E-state index < -0.39 is 34.3 Å². The molecule has 0 saturated heterocycles. The molecule has 0 aliphatic carbocycles. The Bertz CT molecular complexity index is 1340. The van der Waals surface area contributed by atoms with Crippen molar-refractivity contribution in [2.24, 2.45) is 0 Å². The molecule has 3 rings (SSSR count). The summed E-state index contributed by atoms with van der Waals surface area (Å²) in [6.45, 7) is 3.81. The van der Waals surface area contributed by atoms with Crippen LogP contribution >= 0.6 is 11.6 Å². The van der Waals surface area contributed by atoms with Gasteiger partial charge >= 0.3 is 0 Å². The summed E-state index contributed by atoms with van der Waals surface area (Å²) in [6.07, 6.45) is 2.02. The number of halogens is 2. The van der Waals surface area contributed by atoms with E-state index in [1.807, 2.05) is 6.92 Å². The molecule has 0 spiro atoms. The Morgan fingerprint density at radius 1 is 0.949 bits per heavy atom. The Morgan fingerprint density at radius 3 is 2.18 bits per heavy atom. The lowest BCUT2D eigenvalue weighted by molar-refractivity contribution is -0.140. The van der Waals surface area contributed by atoms with Crippen molar-refractivity contribution in [2.75, 3.05) is 17.4 Å². The molecule has 2 amide bonds. The zero-order chi connectivity index (χ0) is 28.4. The number of para-hydroxylation sites is 1. The number of amides is 2. The van der Waals surface area contributed by atoms with Gasteiger partial charge in [-0.25, -0.2) is 12.8 Å². The Morgan fingerprint density at radius 2 is 1.59 bits per heavy atom. The van der Waals surface area contributed by atoms with Gasteiger partial charge in [-0.3, -0.25) is 13.9 Å². The van der Waals surface area contributed by atoms with Gasteiger partial charge in [0.15, 0.2) is 0 Å². The van der Waals surface area contributed by atoms with Crippen LogP contribution in [-0.4, -0.2) is 44.3 Å². The first-order valence-corrected chi connectivity index (χ1v) is 14.6. The molecule has 0 radical (unpaired) electrons. The van der Waals surface area contributed by atoms with Crippen LogP contribution in [0.2, 0.25) is 5.02 Å². The molecular weight excluding hydrogens is 541 g/mol. The summed E-state index contributed by atoms with van der Waals surface area (Å²) >= 11 is 6.04. The molecule has 0 aromatic heterocycles. The third-order valence-corrected chi connectivity index (χ3v) is 8.25. The molecule has 0 heterocycles. The Hall–Kier alpha value is -3.43. The fourth-order valence-corrected chi connectivity index (χ4v) is 5.61. The van der Waals surface area contributed by atoms with Crippen molar-refractivity contribution >= 4 is 39.1 Å². The van der Waals surface area contributed by atoms with Crippen molar-refractivity contribution in [3.05, 3.63) is 95.3 Å². The Kier molecular flexibility index (Phi) is 10.9. The van der Waals surface area contributed by atoms with Crippen LogP contribution < -0.4 is 9.62 Å². The second-order valence-electron chi connectivity index (χ2n) is 9.02. The summed E-state index contributed by atoms with van der Waals surface area (Å²) < 4.78 is 41.9. The maximum Gasteiger partial charge on any atom is 0.264 e. The number of benzene rings is 3. The number of unbranched alkanes of at least 4 members (excludes halogenated alkanes) is 1. The molecule has 0 bridgehead atoms. The SMILES string of the molecule is CCCCNC(=O)[C@@H](CC)N(Cc1ccc(Cl)cc1)C(=O)CN(c1ccccc1)S(=O)(=O)c1ccc(F)cc1. The van der Waals surface area contributed by atoms with Crippen molar-refractivity contribution in [3.8, 4) is 0 Å². The van der Waals surface area contributed by atoms with E-state index in [9.17, 15) is 22.4 Å². The van der Waals surface area contributed by atoms with Crippen LogP contribution in [0.1, 0.15) is 38.7 Å². The van der Waals surface area contributed by atoms with Crippen molar-refractivity contribution in [1.29, 1.82) is 0 Å². The fraction of sp³-hybridized carbons (Fsp3) is 0.310. The average molecular weight is 574 g/mol. The minimum atomic E-state index is -4.25. The van der Waals surface area contributed by atoms with Crippen molar-refractivity contribution in [2.45, 2.75) is 50.6 Å². The third kappa shape index (κ3) is 8.03. The van der Waals surface area contributed by atoms with E-state index in [0.717, 1.165) is 47.0 Å². The van der Waals surface area contributed by atoms with Gasteiger partial charge in [0.1, 0.15) is 18.4 Å². The van der Waals surface area contributed by atoms with Crippen LogP contribution in [0.15, 0.2) is 83.8 Å². The quantitative estimate of drug-likeness (QED) is 0.277. The Labute approximate surface area is 234 Å². The van der Waals surface area contributed by atoms with E-state index in [1.165, 1.54) is 4.90 Å². The van der Waals surface area contributed by atoms with Crippen LogP contribution in [0.3, 0.4) is 0 Å². The maximum absolute atomic E-state index is 13.9. The van der Waals surface area contributed by atoms with Crippen LogP contribution in [-0.2, 0) is 26.2 Å². The van der Waals surface area contributed by atoms with Crippen LogP contribution in [0, 0.1) is 5.82 Å². The highest BCUT2D eigenvalue weighted by atomic mass is 35.5. The van der Waals surface area contributed by atoms with Gasteiger partial charge in [-0.2, -0.15) is 0 Å². The van der Waals surface area contributed by atoms with E-state index in [2.05, 4.69) is 5.32 Å². The van der Waals surface area contributed by atoms with Gasteiger partial charge < -0.3 is 10.2 Å². The number of sulfonamides is 1. The molecule has 39 heavy (non-hydrogen) atoms. The smallest absolute Gasteiger partial charge is 0.264 e. The topological polar surface area (TPSA) is 86.8 Å². The number of carbonyl (C=O) groups excluding carboxylic acids is 2. The molecule has 1 atom stereocenters. The summed E-state index contributed by atoms with van der Waals surface area (Å²) in [5, 5.41) is 3.42. The van der Waals surface area contributed by atoms with Gasteiger partial charge in [-0.1, -0.05) is 62.2 Å². The van der Waals surface area contributed by atoms with Gasteiger partial charge in [0, 0.05) is 18.1 Å². The predicted octanol–water partition coefficient (Wildman–Crippen LogP) is 5.40. The summed E-state index contributed by atoms with van der Waals surface area (Å²) in [7, 11) is -4.25. The largest absolute Gasteiger partial charge is 0.354 e. The van der Waals surface area contributed by atoms with E-state index >= 15 is 0 Å². The standard InChI is InChI=1S/C29H33ClFN3O4S/c1-3-5-19-32-29(36)27(4-2)33(20-22-11-13-23(30)14-12-22)28(35)21-34(25-9-7-6-8-10-25)39(37,38)26-17-15-24(31)16-18-26/h6-18,27H,3-5,19-21H2,1-2H3,(H,32,36)/t27-/m1/s1. The first-order valence-electron chi connectivity index (χ1n) is 12.8. The number of anilines is 1. The molecule has 10 heteroatoms. The fourth-order valence-electron chi connectivity index (χ4n) is 4.07. The molecule has 0 unspecified atom stereocenters. The number of carbonyl (C=O) groups is 2. The van der Waals surface area contributed by atoms with E-state index in [4.69, 9.17) is 11.6 Å². The first-order chi connectivity index (χ1) is 18.7. The third-order valence-electron chi connectivity index (χ3n) is 6.21. The number of rotatable bonds is 13. The van der Waals surface area contributed by atoms with Crippen molar-refractivity contribution in [3.63, 3.8) is 0 Å². The highest BCUT2D eigenvalue weighted by Crippen LogP contribution is 2.25. The van der Waals surface area contributed by atoms with E-state index in [1.54, 1.807) is 61.5 Å². The van der Waals surface area contributed by atoms with Gasteiger partial charge in [0.2, 0.25) is 11.8 Å². The van der Waals surface area contributed by atoms with Gasteiger partial charge in [-0.15, -0.1) is 0 Å². The predicted molar refractivity (Wildman–Crippen MR) is 151 cm³/mol. The number of nitrogens with one attached hydrogen (secondary N) is 1. The number of hydrogen-bond acceptors (Lipinski definition) is 4. The maximum atomic E-state index is 13.9. The summed E-state index contributed by atoms with van der Waals surface area (Å²) in [5.41, 5.74) is 1.00. The summed E-state index contributed by atoms with van der Waals surface area (Å²) in [6, 6.07) is 18.7. The number of nitrogens with zero attached hydrogens (tertiary/aromatic N) is 2. The summed E-state index contributed by atoms with van der Waals surface area (Å²) in [4.78, 5) is 28.3. The summed E-state index contributed by atoms with van der Waals surface area (Å²) in [5.74, 6) is -1.44. The molecule has 0 aliphatic heterocycles. The molecule has 0 saturated carbocycles. The van der Waals surface area contributed by atoms with Crippen LogP contribution in [0.25, 0.3) is 0 Å². The van der Waals surface area contributed by atoms with Crippen LogP contribution in [0.5, 0.6) is 0 Å². The molecule has 1 N–H and O–H groups in total.